The summed E-state index contributed by atoms with van der Waals surface area (Å²) in [6.07, 6.45) is 5.76. The summed E-state index contributed by atoms with van der Waals surface area (Å²) in [5, 5.41) is 3.42. The van der Waals surface area contributed by atoms with Gasteiger partial charge in [-0.1, -0.05) is 13.0 Å². The van der Waals surface area contributed by atoms with E-state index in [2.05, 4.69) is 29.4 Å². The number of nitrogens with one attached hydrogen (secondary N) is 1. The van der Waals surface area contributed by atoms with E-state index < -0.39 is 0 Å². The molecule has 1 aliphatic rings. The number of aromatic nitrogens is 1. The fourth-order valence-electron chi connectivity index (χ4n) is 2.96. The summed E-state index contributed by atoms with van der Waals surface area (Å²) in [6.45, 7) is 3.69. The highest BCUT2D eigenvalue weighted by molar-refractivity contribution is 5.15. The Morgan fingerprint density at radius 3 is 2.65 bits per heavy atom. The highest BCUT2D eigenvalue weighted by atomic mass is 16.5. The zero-order valence-electron chi connectivity index (χ0n) is 12.8. The van der Waals surface area contributed by atoms with Crippen molar-refractivity contribution < 1.29 is 9.47 Å². The van der Waals surface area contributed by atoms with E-state index >= 15 is 0 Å². The van der Waals surface area contributed by atoms with Crippen LogP contribution in [-0.4, -0.2) is 44.0 Å². The summed E-state index contributed by atoms with van der Waals surface area (Å²) in [5.41, 5.74) is 2.25. The van der Waals surface area contributed by atoms with Gasteiger partial charge in [-0.15, -0.1) is 0 Å². The van der Waals surface area contributed by atoms with Crippen LogP contribution in [0.25, 0.3) is 0 Å². The molecule has 0 aliphatic carbocycles. The van der Waals surface area contributed by atoms with Crippen LogP contribution in [0.1, 0.15) is 31.0 Å². The Hall–Kier alpha value is -0.970. The first kappa shape index (κ1) is 15.4. The molecule has 0 saturated carbocycles. The third kappa shape index (κ3) is 3.37. The largest absolute Gasteiger partial charge is 0.381 e. The number of aryl methyl sites for hydroxylation is 1. The first-order valence-electron chi connectivity index (χ1n) is 7.48. The van der Waals surface area contributed by atoms with Crippen LogP contribution in [-0.2, 0) is 22.3 Å². The number of hydrogen-bond acceptors (Lipinski definition) is 4. The smallest absolute Gasteiger partial charge is 0.0878 e. The lowest BCUT2D eigenvalue weighted by molar-refractivity contribution is -0.109. The molecule has 0 bridgehead atoms. The van der Waals surface area contributed by atoms with Gasteiger partial charge in [0.05, 0.1) is 5.60 Å². The van der Waals surface area contributed by atoms with Crippen LogP contribution < -0.4 is 5.32 Å². The van der Waals surface area contributed by atoms with Crippen LogP contribution in [0, 0.1) is 0 Å². The Labute approximate surface area is 121 Å². The Bertz CT molecular complexity index is 399. The number of methoxy groups -OCH3 is 1. The summed E-state index contributed by atoms with van der Waals surface area (Å²) in [4.78, 5) is 4.57. The number of ether oxygens (including phenoxy) is 2. The molecule has 1 N–H and O–H groups in total. The minimum Gasteiger partial charge on any atom is -0.381 e. The van der Waals surface area contributed by atoms with Crippen LogP contribution in [0.4, 0.5) is 0 Å². The molecule has 0 spiro atoms. The molecule has 20 heavy (non-hydrogen) atoms. The monoisotopic (exact) mass is 278 g/mol. The van der Waals surface area contributed by atoms with Gasteiger partial charge < -0.3 is 14.8 Å². The van der Waals surface area contributed by atoms with E-state index in [0.717, 1.165) is 44.6 Å². The molecule has 1 aromatic rings. The molecule has 4 heteroatoms. The van der Waals surface area contributed by atoms with Crippen molar-refractivity contribution in [2.45, 2.75) is 44.2 Å². The molecule has 1 unspecified atom stereocenters. The minimum atomic E-state index is -0.141. The van der Waals surface area contributed by atoms with Crippen LogP contribution in [0.3, 0.4) is 0 Å². The molecular formula is C16H26N2O2. The summed E-state index contributed by atoms with van der Waals surface area (Å²) < 4.78 is 11.4. The Kier molecular flexibility index (Phi) is 5.52. The normalized spacial score (nSPS) is 19.8. The second-order valence-corrected chi connectivity index (χ2v) is 5.44. The predicted molar refractivity (Wildman–Crippen MR) is 80.0 cm³/mol. The van der Waals surface area contributed by atoms with Gasteiger partial charge in [-0.2, -0.15) is 0 Å². The van der Waals surface area contributed by atoms with Crippen molar-refractivity contribution >= 4 is 0 Å². The van der Waals surface area contributed by atoms with Crippen molar-refractivity contribution in [3.8, 4) is 0 Å². The van der Waals surface area contributed by atoms with Gasteiger partial charge in [0.2, 0.25) is 0 Å². The van der Waals surface area contributed by atoms with Crippen LogP contribution in [0.15, 0.2) is 18.3 Å². The van der Waals surface area contributed by atoms with E-state index in [9.17, 15) is 0 Å². The maximum absolute atomic E-state index is 5.88. The summed E-state index contributed by atoms with van der Waals surface area (Å²) in [5.74, 6) is 0. The third-order valence-corrected chi connectivity index (χ3v) is 4.44. The number of pyridine rings is 1. The van der Waals surface area contributed by atoms with Gasteiger partial charge in [-0.05, 0) is 25.1 Å². The van der Waals surface area contributed by atoms with E-state index in [1.807, 2.05) is 20.4 Å². The molecule has 1 aromatic heterocycles. The van der Waals surface area contributed by atoms with Crippen molar-refractivity contribution in [2.24, 2.45) is 0 Å². The number of rotatable bonds is 6. The Morgan fingerprint density at radius 2 is 2.15 bits per heavy atom. The lowest BCUT2D eigenvalue weighted by Gasteiger charge is -2.42. The highest BCUT2D eigenvalue weighted by Crippen LogP contribution is 2.29. The molecule has 0 radical (unpaired) electrons. The SMILES string of the molecule is CCc1ccc(CC(NC)C2(OC)CCOCC2)nc1. The molecule has 2 heterocycles. The molecular weight excluding hydrogens is 252 g/mol. The molecule has 0 aromatic carbocycles. The molecule has 1 aliphatic heterocycles. The molecule has 112 valence electrons. The first-order valence-corrected chi connectivity index (χ1v) is 7.48. The van der Waals surface area contributed by atoms with Gasteiger partial charge in [-0.3, -0.25) is 4.98 Å². The van der Waals surface area contributed by atoms with Gasteiger partial charge in [0.1, 0.15) is 0 Å². The average molecular weight is 278 g/mol. The molecule has 1 atom stereocenters. The fourth-order valence-corrected chi connectivity index (χ4v) is 2.96. The zero-order valence-corrected chi connectivity index (χ0v) is 12.8. The van der Waals surface area contributed by atoms with Crippen molar-refractivity contribution in [2.75, 3.05) is 27.4 Å². The first-order chi connectivity index (χ1) is 9.74. The third-order valence-electron chi connectivity index (χ3n) is 4.44. The second kappa shape index (κ2) is 7.16. The average Bonchev–Trinajstić information content (AvgIpc) is 2.53. The summed E-state index contributed by atoms with van der Waals surface area (Å²) in [7, 11) is 3.81. The Morgan fingerprint density at radius 1 is 1.40 bits per heavy atom. The summed E-state index contributed by atoms with van der Waals surface area (Å²) in [6, 6.07) is 4.56. The molecule has 1 saturated heterocycles. The topological polar surface area (TPSA) is 43.4 Å². The lowest BCUT2D eigenvalue weighted by Crippen LogP contribution is -2.55. The van der Waals surface area contributed by atoms with Crippen molar-refractivity contribution in [1.29, 1.82) is 0 Å². The maximum atomic E-state index is 5.88. The van der Waals surface area contributed by atoms with Crippen molar-refractivity contribution in [1.82, 2.24) is 10.3 Å². The Balaban J connectivity index is 2.09. The van der Waals surface area contributed by atoms with E-state index in [1.165, 1.54) is 5.56 Å². The second-order valence-electron chi connectivity index (χ2n) is 5.44. The minimum absolute atomic E-state index is 0.141. The fraction of sp³-hybridized carbons (Fsp3) is 0.688. The van der Waals surface area contributed by atoms with Gasteiger partial charge in [0.15, 0.2) is 0 Å². The van der Waals surface area contributed by atoms with E-state index in [-0.39, 0.29) is 11.6 Å². The van der Waals surface area contributed by atoms with E-state index in [4.69, 9.17) is 9.47 Å². The van der Waals surface area contributed by atoms with Gasteiger partial charge >= 0.3 is 0 Å². The summed E-state index contributed by atoms with van der Waals surface area (Å²) >= 11 is 0. The standard InChI is InChI=1S/C16H26N2O2/c1-4-13-5-6-14(18-12-13)11-15(17-2)16(19-3)7-9-20-10-8-16/h5-6,12,15,17H,4,7-11H2,1-3H3. The van der Waals surface area contributed by atoms with E-state index in [1.54, 1.807) is 0 Å². The van der Waals surface area contributed by atoms with E-state index in [0.29, 0.717) is 0 Å². The van der Waals surface area contributed by atoms with Crippen LogP contribution >= 0.6 is 0 Å². The maximum Gasteiger partial charge on any atom is 0.0878 e. The van der Waals surface area contributed by atoms with Gasteiger partial charge in [-0.25, -0.2) is 0 Å². The van der Waals surface area contributed by atoms with Crippen LogP contribution in [0.2, 0.25) is 0 Å². The highest BCUT2D eigenvalue weighted by Gasteiger charge is 2.40. The van der Waals surface area contributed by atoms with Crippen molar-refractivity contribution in [3.05, 3.63) is 29.6 Å². The molecule has 4 nitrogen and oxygen atoms in total. The van der Waals surface area contributed by atoms with Gasteiger partial charge in [0.25, 0.3) is 0 Å². The van der Waals surface area contributed by atoms with Crippen LogP contribution in [0.5, 0.6) is 0 Å². The van der Waals surface area contributed by atoms with Crippen molar-refractivity contribution in [3.63, 3.8) is 0 Å². The molecule has 2 rings (SSSR count). The predicted octanol–water partition coefficient (Wildman–Crippen LogP) is 1.97. The molecule has 0 amide bonds. The number of nitrogens with zero attached hydrogens (tertiary/aromatic N) is 1. The zero-order chi connectivity index (χ0) is 14.4. The number of likely N-dealkylation sites (N-methyl/N-ethyl adjacent to an activating group) is 1. The molecule has 1 fully saturated rings. The van der Waals surface area contributed by atoms with Gasteiger partial charge in [0, 0.05) is 57.5 Å². The quantitative estimate of drug-likeness (QED) is 0.864. The lowest BCUT2D eigenvalue weighted by atomic mass is 9.83. The number of hydrogen-bond donors (Lipinski definition) is 1.